The van der Waals surface area contributed by atoms with Crippen LogP contribution in [0.4, 0.5) is 0 Å². The molecule has 11 heavy (non-hydrogen) atoms. The Hall–Kier alpha value is 1.60. The summed E-state index contributed by atoms with van der Waals surface area (Å²) in [4.78, 5) is 2.50. The average Bonchev–Trinajstić information content (AvgIpc) is 2.31. The molecule has 0 N–H and O–H groups in total. The Morgan fingerprint density at radius 3 is 2.73 bits per heavy atom. The molecule has 0 aromatic carbocycles. The topological polar surface area (TPSA) is 3.24 Å². The monoisotopic (exact) mass is 179 g/mol. The molecule has 1 heterocycles. The van der Waals surface area contributed by atoms with Gasteiger partial charge in [0.1, 0.15) is 0 Å². The molecule has 1 rings (SSSR count). The van der Waals surface area contributed by atoms with Crippen molar-refractivity contribution in [3.8, 4) is 0 Å². The maximum Gasteiger partial charge on any atom is 1.00 e. The summed E-state index contributed by atoms with van der Waals surface area (Å²) in [6, 6.07) is 0.617. The minimum Gasteiger partial charge on any atom is -0.330 e. The van der Waals surface area contributed by atoms with E-state index in [2.05, 4.69) is 18.7 Å². The van der Waals surface area contributed by atoms with Crippen LogP contribution < -0.4 is 51.4 Å². The van der Waals surface area contributed by atoms with Gasteiger partial charge >= 0.3 is 51.4 Å². The standard InChI is InChI=1S/C9H18N.K/c1-3-4-7-10-8-5-6-9(10)2;/h9H,2-8H2,1H3;/q-1;+1. The van der Waals surface area contributed by atoms with Gasteiger partial charge in [-0.2, -0.15) is 0 Å². The second-order valence-corrected chi connectivity index (χ2v) is 3.19. The third-order valence-corrected chi connectivity index (χ3v) is 2.30. The number of unbranched alkanes of at least 4 members (excludes halogenated alkanes) is 1. The maximum atomic E-state index is 4.10. The van der Waals surface area contributed by atoms with Gasteiger partial charge in [-0.15, -0.1) is 6.04 Å². The summed E-state index contributed by atoms with van der Waals surface area (Å²) in [5, 5.41) is 0. The Balaban J connectivity index is 0.000001000. The van der Waals surface area contributed by atoms with Crippen LogP contribution in [0.1, 0.15) is 32.6 Å². The number of likely N-dealkylation sites (tertiary alicyclic amines) is 1. The normalized spacial score (nSPS) is 25.1. The molecule has 1 atom stereocenters. The molecule has 0 bridgehead atoms. The first-order chi connectivity index (χ1) is 4.84. The second kappa shape index (κ2) is 7.04. The van der Waals surface area contributed by atoms with E-state index >= 15 is 0 Å². The van der Waals surface area contributed by atoms with Gasteiger partial charge in [0.25, 0.3) is 0 Å². The SMILES string of the molecule is [CH2-]C1CCCN1CCCC.[K+]. The van der Waals surface area contributed by atoms with Crippen molar-refractivity contribution in [2.24, 2.45) is 0 Å². The molecular formula is C9H18KN. The van der Waals surface area contributed by atoms with Gasteiger partial charge in [0.2, 0.25) is 0 Å². The summed E-state index contributed by atoms with van der Waals surface area (Å²) in [6.45, 7) is 8.90. The van der Waals surface area contributed by atoms with E-state index in [0.29, 0.717) is 6.04 Å². The molecule has 1 nitrogen and oxygen atoms in total. The third-order valence-electron chi connectivity index (χ3n) is 2.30. The van der Waals surface area contributed by atoms with Gasteiger partial charge in [-0.05, 0) is 25.9 Å². The predicted octanol–water partition coefficient (Wildman–Crippen LogP) is -0.911. The molecule has 60 valence electrons. The van der Waals surface area contributed by atoms with E-state index < -0.39 is 0 Å². The number of rotatable bonds is 3. The molecule has 0 aromatic rings. The minimum atomic E-state index is 0. The van der Waals surface area contributed by atoms with Gasteiger partial charge in [-0.1, -0.05) is 19.8 Å². The molecule has 1 unspecified atom stereocenters. The summed E-state index contributed by atoms with van der Waals surface area (Å²) < 4.78 is 0. The summed E-state index contributed by atoms with van der Waals surface area (Å²) in [5.74, 6) is 0. The van der Waals surface area contributed by atoms with E-state index in [0.717, 1.165) is 0 Å². The predicted molar refractivity (Wildman–Crippen MR) is 44.9 cm³/mol. The van der Waals surface area contributed by atoms with Crippen LogP contribution in [0.2, 0.25) is 0 Å². The maximum absolute atomic E-state index is 4.10. The van der Waals surface area contributed by atoms with Gasteiger partial charge in [-0.3, -0.25) is 0 Å². The molecule has 1 fully saturated rings. The van der Waals surface area contributed by atoms with Crippen LogP contribution >= 0.6 is 0 Å². The van der Waals surface area contributed by atoms with Crippen molar-refractivity contribution in [2.45, 2.75) is 38.6 Å². The van der Waals surface area contributed by atoms with Gasteiger partial charge in [0.05, 0.1) is 0 Å². The zero-order valence-electron chi connectivity index (χ0n) is 7.97. The van der Waals surface area contributed by atoms with Crippen molar-refractivity contribution in [2.75, 3.05) is 13.1 Å². The molecule has 0 spiro atoms. The number of hydrogen-bond acceptors (Lipinski definition) is 1. The molecule has 0 aromatic heterocycles. The molecule has 1 aliphatic heterocycles. The first kappa shape index (κ1) is 12.6. The van der Waals surface area contributed by atoms with Crippen LogP contribution in [-0.4, -0.2) is 24.0 Å². The van der Waals surface area contributed by atoms with E-state index in [4.69, 9.17) is 0 Å². The van der Waals surface area contributed by atoms with Crippen molar-refractivity contribution >= 4 is 0 Å². The average molecular weight is 179 g/mol. The van der Waals surface area contributed by atoms with Crippen molar-refractivity contribution in [1.82, 2.24) is 4.90 Å². The molecule has 1 saturated heterocycles. The first-order valence-corrected chi connectivity index (χ1v) is 4.41. The Labute approximate surface area is 113 Å². The molecule has 0 amide bonds. The molecule has 0 aliphatic carbocycles. The van der Waals surface area contributed by atoms with E-state index in [9.17, 15) is 0 Å². The van der Waals surface area contributed by atoms with E-state index in [1.807, 2.05) is 0 Å². The van der Waals surface area contributed by atoms with Crippen molar-refractivity contribution < 1.29 is 51.4 Å². The van der Waals surface area contributed by atoms with Crippen molar-refractivity contribution in [3.63, 3.8) is 0 Å². The van der Waals surface area contributed by atoms with E-state index in [1.165, 1.54) is 38.8 Å². The molecule has 1 aliphatic rings. The fraction of sp³-hybridized carbons (Fsp3) is 0.889. The molecule has 0 saturated carbocycles. The van der Waals surface area contributed by atoms with Gasteiger partial charge in [0, 0.05) is 0 Å². The van der Waals surface area contributed by atoms with Gasteiger partial charge in [-0.25, -0.2) is 0 Å². The second-order valence-electron chi connectivity index (χ2n) is 3.19. The van der Waals surface area contributed by atoms with Gasteiger partial charge < -0.3 is 11.8 Å². The minimum absolute atomic E-state index is 0. The largest absolute Gasteiger partial charge is 1.00 e. The summed E-state index contributed by atoms with van der Waals surface area (Å²) >= 11 is 0. The molecule has 2 heteroatoms. The Kier molecular flexibility index (Phi) is 8.07. The van der Waals surface area contributed by atoms with Crippen LogP contribution in [0, 0.1) is 6.92 Å². The van der Waals surface area contributed by atoms with Crippen LogP contribution in [0.3, 0.4) is 0 Å². The van der Waals surface area contributed by atoms with Gasteiger partial charge in [0.15, 0.2) is 0 Å². The zero-order chi connectivity index (χ0) is 7.40. The van der Waals surface area contributed by atoms with E-state index in [1.54, 1.807) is 0 Å². The van der Waals surface area contributed by atoms with Crippen LogP contribution in [0.25, 0.3) is 0 Å². The zero-order valence-corrected chi connectivity index (χ0v) is 11.1. The van der Waals surface area contributed by atoms with E-state index in [-0.39, 0.29) is 51.4 Å². The Morgan fingerprint density at radius 2 is 2.27 bits per heavy atom. The number of nitrogens with zero attached hydrogens (tertiary/aromatic N) is 1. The molecule has 0 radical (unpaired) electrons. The quantitative estimate of drug-likeness (QED) is 0.400. The third kappa shape index (κ3) is 4.39. The fourth-order valence-corrected chi connectivity index (χ4v) is 1.55. The summed E-state index contributed by atoms with van der Waals surface area (Å²) in [7, 11) is 0. The Bertz CT molecular complexity index is 95.6. The fourth-order valence-electron chi connectivity index (χ4n) is 1.55. The number of hydrogen-bond donors (Lipinski definition) is 0. The van der Waals surface area contributed by atoms with Crippen molar-refractivity contribution in [3.05, 3.63) is 6.92 Å². The van der Waals surface area contributed by atoms with Crippen LogP contribution in [-0.2, 0) is 0 Å². The van der Waals surface area contributed by atoms with Crippen LogP contribution in [0.15, 0.2) is 0 Å². The summed E-state index contributed by atoms with van der Waals surface area (Å²) in [5.41, 5.74) is 0. The first-order valence-electron chi connectivity index (χ1n) is 4.41. The Morgan fingerprint density at radius 1 is 1.55 bits per heavy atom. The van der Waals surface area contributed by atoms with Crippen LogP contribution in [0.5, 0.6) is 0 Å². The smallest absolute Gasteiger partial charge is 0.330 e. The van der Waals surface area contributed by atoms with Crippen molar-refractivity contribution in [1.29, 1.82) is 0 Å². The molecular weight excluding hydrogens is 161 g/mol. The summed E-state index contributed by atoms with van der Waals surface area (Å²) in [6.07, 6.45) is 5.32.